The average molecular weight is 392 g/mol. The Labute approximate surface area is 127 Å². The van der Waals surface area contributed by atoms with Crippen LogP contribution in [-0.4, -0.2) is 21.0 Å². The Balaban J connectivity index is 3.38. The normalized spacial score (nSPS) is 11.8. The van der Waals surface area contributed by atoms with E-state index >= 15 is 0 Å². The zero-order valence-electron chi connectivity index (χ0n) is 10.4. The summed E-state index contributed by atoms with van der Waals surface area (Å²) in [5, 5.41) is 0. The van der Waals surface area contributed by atoms with Crippen LogP contribution >= 0.6 is 26.6 Å². The highest BCUT2D eigenvalue weighted by Crippen LogP contribution is 2.32. The first kappa shape index (κ1) is 17.3. The molecule has 1 rings (SSSR count). The lowest BCUT2D eigenvalue weighted by molar-refractivity contribution is 0.0447. The number of carbonyl (C=O) groups excluding carboxylic acids is 1. The maximum Gasteiger partial charge on any atom is 0.344 e. The van der Waals surface area contributed by atoms with Gasteiger partial charge in [-0.2, -0.15) is 0 Å². The van der Waals surface area contributed by atoms with E-state index in [2.05, 4.69) is 20.7 Å². The smallest absolute Gasteiger partial charge is 0.344 e. The van der Waals surface area contributed by atoms with Gasteiger partial charge in [-0.1, -0.05) is 13.8 Å². The van der Waals surface area contributed by atoms with Crippen LogP contribution in [0, 0.1) is 17.6 Å². The Bertz CT molecular complexity index is 646. The topological polar surface area (TPSA) is 60.4 Å². The van der Waals surface area contributed by atoms with Crippen LogP contribution < -0.4 is 0 Å². The molecule has 0 atom stereocenters. The molecule has 0 spiro atoms. The van der Waals surface area contributed by atoms with Crippen molar-refractivity contribution in [3.05, 3.63) is 27.7 Å². The molecule has 1 aromatic carbocycles. The quantitative estimate of drug-likeness (QED) is 0.582. The lowest BCUT2D eigenvalue weighted by atomic mass is 10.2. The van der Waals surface area contributed by atoms with E-state index in [1.54, 1.807) is 13.8 Å². The number of hydrogen-bond acceptors (Lipinski definition) is 4. The van der Waals surface area contributed by atoms with Crippen molar-refractivity contribution in [2.45, 2.75) is 18.7 Å². The van der Waals surface area contributed by atoms with E-state index < -0.39 is 41.6 Å². The highest BCUT2D eigenvalue weighted by Gasteiger charge is 2.30. The molecule has 0 bridgehead atoms. The zero-order chi connectivity index (χ0) is 15.7. The summed E-state index contributed by atoms with van der Waals surface area (Å²) in [5.74, 6) is -4.16. The van der Waals surface area contributed by atoms with Gasteiger partial charge in [-0.15, -0.1) is 0 Å². The Morgan fingerprint density at radius 1 is 1.45 bits per heavy atom. The molecule has 0 aliphatic rings. The predicted molar refractivity (Wildman–Crippen MR) is 72.2 cm³/mol. The third-order valence-electron chi connectivity index (χ3n) is 2.12. The van der Waals surface area contributed by atoms with E-state index in [0.29, 0.717) is 6.07 Å². The molecule has 20 heavy (non-hydrogen) atoms. The van der Waals surface area contributed by atoms with Gasteiger partial charge in [-0.25, -0.2) is 22.0 Å². The van der Waals surface area contributed by atoms with Gasteiger partial charge >= 0.3 is 5.97 Å². The molecule has 0 fully saturated rings. The van der Waals surface area contributed by atoms with Gasteiger partial charge in [0.05, 0.1) is 6.61 Å². The number of carbonyl (C=O) groups is 1. The Morgan fingerprint density at radius 2 is 2.00 bits per heavy atom. The van der Waals surface area contributed by atoms with Gasteiger partial charge in [0.25, 0.3) is 9.05 Å². The predicted octanol–water partition coefficient (Wildman–Crippen LogP) is 3.47. The minimum Gasteiger partial charge on any atom is -0.462 e. The molecule has 0 saturated heterocycles. The molecule has 4 nitrogen and oxygen atoms in total. The fourth-order valence-corrected chi connectivity index (χ4v) is 3.65. The maximum absolute atomic E-state index is 14.0. The first-order valence-corrected chi connectivity index (χ1v) is 8.45. The molecule has 1 aromatic rings. The van der Waals surface area contributed by atoms with Crippen molar-refractivity contribution in [3.63, 3.8) is 0 Å². The van der Waals surface area contributed by atoms with Crippen LogP contribution in [0.2, 0.25) is 0 Å². The van der Waals surface area contributed by atoms with Crippen LogP contribution in [0.3, 0.4) is 0 Å². The summed E-state index contributed by atoms with van der Waals surface area (Å²) in [6.07, 6.45) is 0. The van der Waals surface area contributed by atoms with Crippen LogP contribution in [0.5, 0.6) is 0 Å². The van der Waals surface area contributed by atoms with E-state index in [1.165, 1.54) is 0 Å². The van der Waals surface area contributed by atoms with Gasteiger partial charge < -0.3 is 4.74 Å². The van der Waals surface area contributed by atoms with Gasteiger partial charge in [0.1, 0.15) is 16.3 Å². The number of hydrogen-bond donors (Lipinski definition) is 0. The van der Waals surface area contributed by atoms with Crippen molar-refractivity contribution >= 4 is 41.6 Å². The largest absolute Gasteiger partial charge is 0.462 e. The van der Waals surface area contributed by atoms with Crippen LogP contribution in [-0.2, 0) is 13.8 Å². The molecular formula is C11H10BrClF2O4S. The number of ether oxygens (including phenoxy) is 1. The molecule has 0 aliphatic heterocycles. The standard InChI is InChI=1S/C11H10BrClF2O4S/c1-5(2)4-19-11(16)8-7(14)3-6(12)10(9(8)15)20(13,17)18/h3,5H,4H2,1-2H3. The summed E-state index contributed by atoms with van der Waals surface area (Å²) in [7, 11) is 0.561. The third kappa shape index (κ3) is 3.89. The van der Waals surface area contributed by atoms with E-state index in [-0.39, 0.29) is 12.5 Å². The van der Waals surface area contributed by atoms with Gasteiger partial charge in [0.2, 0.25) is 0 Å². The molecule has 9 heteroatoms. The molecule has 112 valence electrons. The molecule has 0 N–H and O–H groups in total. The summed E-state index contributed by atoms with van der Waals surface area (Å²) >= 11 is 2.68. The second kappa shape index (κ2) is 6.36. The minimum atomic E-state index is -4.49. The van der Waals surface area contributed by atoms with E-state index in [9.17, 15) is 22.0 Å². The molecular weight excluding hydrogens is 382 g/mol. The SMILES string of the molecule is CC(C)COC(=O)c1c(F)cc(Br)c(S(=O)(=O)Cl)c1F. The summed E-state index contributed by atoms with van der Waals surface area (Å²) in [6, 6.07) is 0.643. The lowest BCUT2D eigenvalue weighted by Crippen LogP contribution is -2.15. The van der Waals surface area contributed by atoms with Crippen molar-refractivity contribution in [2.24, 2.45) is 5.92 Å². The van der Waals surface area contributed by atoms with Gasteiger partial charge in [0, 0.05) is 15.2 Å². The van der Waals surface area contributed by atoms with Gasteiger partial charge in [0.15, 0.2) is 5.82 Å². The first-order chi connectivity index (χ1) is 9.05. The molecule has 0 aromatic heterocycles. The Hall–Kier alpha value is -0.730. The van der Waals surface area contributed by atoms with Crippen LogP contribution in [0.15, 0.2) is 15.4 Å². The highest BCUT2D eigenvalue weighted by molar-refractivity contribution is 9.10. The number of benzene rings is 1. The van der Waals surface area contributed by atoms with Crippen molar-refractivity contribution in [2.75, 3.05) is 6.61 Å². The summed E-state index contributed by atoms with van der Waals surface area (Å²) < 4.78 is 54.4. The monoisotopic (exact) mass is 390 g/mol. The number of esters is 1. The van der Waals surface area contributed by atoms with E-state index in [4.69, 9.17) is 10.7 Å². The van der Waals surface area contributed by atoms with Gasteiger partial charge in [-0.05, 0) is 27.9 Å². The Kier molecular flexibility index (Phi) is 5.51. The summed E-state index contributed by atoms with van der Waals surface area (Å²) in [5.41, 5.74) is -1.09. The first-order valence-electron chi connectivity index (χ1n) is 5.35. The van der Waals surface area contributed by atoms with E-state index in [0.717, 1.165) is 0 Å². The molecule has 0 radical (unpaired) electrons. The van der Waals surface area contributed by atoms with Crippen molar-refractivity contribution in [1.29, 1.82) is 0 Å². The number of halogens is 4. The summed E-state index contributed by atoms with van der Waals surface area (Å²) in [6.45, 7) is 3.41. The molecule has 0 heterocycles. The van der Waals surface area contributed by atoms with Gasteiger partial charge in [-0.3, -0.25) is 0 Å². The highest BCUT2D eigenvalue weighted by atomic mass is 79.9. The molecule has 0 saturated carbocycles. The second-order valence-corrected chi connectivity index (χ2v) is 7.65. The molecule has 0 unspecified atom stereocenters. The Morgan fingerprint density at radius 3 is 2.45 bits per heavy atom. The molecule has 0 amide bonds. The number of rotatable bonds is 4. The molecule has 0 aliphatic carbocycles. The van der Waals surface area contributed by atoms with Crippen LogP contribution in [0.4, 0.5) is 8.78 Å². The zero-order valence-corrected chi connectivity index (χ0v) is 13.6. The third-order valence-corrected chi connectivity index (χ3v) is 4.36. The van der Waals surface area contributed by atoms with Crippen molar-refractivity contribution < 1.29 is 26.7 Å². The minimum absolute atomic E-state index is 0.0447. The average Bonchev–Trinajstić information content (AvgIpc) is 2.23. The maximum atomic E-state index is 14.0. The van der Waals surface area contributed by atoms with E-state index in [1.807, 2.05) is 0 Å². The fraction of sp³-hybridized carbons (Fsp3) is 0.364. The van der Waals surface area contributed by atoms with Crippen LogP contribution in [0.1, 0.15) is 24.2 Å². The van der Waals surface area contributed by atoms with Crippen LogP contribution in [0.25, 0.3) is 0 Å². The summed E-state index contributed by atoms with van der Waals surface area (Å²) in [4.78, 5) is 10.6. The lowest BCUT2D eigenvalue weighted by Gasteiger charge is -2.11. The van der Waals surface area contributed by atoms with Crippen molar-refractivity contribution in [1.82, 2.24) is 0 Å². The fourth-order valence-electron chi connectivity index (χ4n) is 1.30. The second-order valence-electron chi connectivity index (χ2n) is 4.29. The van der Waals surface area contributed by atoms with Crippen molar-refractivity contribution in [3.8, 4) is 0 Å².